The molecule has 2 heterocycles. The molecule has 3 aromatic rings. The molecule has 0 atom stereocenters. The smallest absolute Gasteiger partial charge is 0.262 e. The van der Waals surface area contributed by atoms with Gasteiger partial charge in [0.1, 0.15) is 10.7 Å². The van der Waals surface area contributed by atoms with E-state index in [0.29, 0.717) is 12.5 Å². The molecule has 0 N–H and O–H groups in total. The predicted molar refractivity (Wildman–Crippen MR) is 105 cm³/mol. The Balaban J connectivity index is 1.77. The Morgan fingerprint density at radius 3 is 2.60 bits per heavy atom. The van der Waals surface area contributed by atoms with E-state index in [1.807, 2.05) is 11.5 Å². The number of hydrogen-bond acceptors (Lipinski definition) is 3. The number of fused-ring (bicyclic) bond motifs is 3. The molecule has 0 spiro atoms. The van der Waals surface area contributed by atoms with Crippen molar-refractivity contribution in [1.29, 1.82) is 0 Å². The summed E-state index contributed by atoms with van der Waals surface area (Å²) in [5.41, 5.74) is 3.88. The summed E-state index contributed by atoms with van der Waals surface area (Å²) < 4.78 is 1.84. The van der Waals surface area contributed by atoms with Gasteiger partial charge in [-0.2, -0.15) is 0 Å². The Morgan fingerprint density at radius 1 is 1.16 bits per heavy atom. The first-order valence-electron chi connectivity index (χ1n) is 9.15. The van der Waals surface area contributed by atoms with Crippen LogP contribution in [0.3, 0.4) is 0 Å². The summed E-state index contributed by atoms with van der Waals surface area (Å²) in [6, 6.07) is 8.60. The summed E-state index contributed by atoms with van der Waals surface area (Å²) in [7, 11) is 0. The maximum Gasteiger partial charge on any atom is 0.262 e. The van der Waals surface area contributed by atoms with Gasteiger partial charge in [-0.15, -0.1) is 11.3 Å². The summed E-state index contributed by atoms with van der Waals surface area (Å²) in [6.45, 7) is 6.93. The molecule has 0 unspecified atom stereocenters. The van der Waals surface area contributed by atoms with Crippen molar-refractivity contribution in [2.45, 2.75) is 58.9 Å². The number of thiophene rings is 1. The molecule has 4 heteroatoms. The topological polar surface area (TPSA) is 34.9 Å². The van der Waals surface area contributed by atoms with Crippen LogP contribution in [0.2, 0.25) is 0 Å². The van der Waals surface area contributed by atoms with E-state index in [1.54, 1.807) is 11.3 Å². The standard InChI is InChI=1S/C21H24N2OS/c1-13(2)16-10-8-15(9-11-16)12-23-14(3)22-20-19(21(23)24)17-6-4-5-7-18(17)25-20/h8-11,13H,4-7,12H2,1-3H3. The van der Waals surface area contributed by atoms with Gasteiger partial charge in [-0.3, -0.25) is 9.36 Å². The molecular formula is C21H24N2OS. The third-order valence-electron chi connectivity index (χ3n) is 5.25. The van der Waals surface area contributed by atoms with Crippen LogP contribution in [0.1, 0.15) is 60.0 Å². The summed E-state index contributed by atoms with van der Waals surface area (Å²) in [6.07, 6.45) is 4.54. The molecule has 1 aliphatic rings. The van der Waals surface area contributed by atoms with Gasteiger partial charge < -0.3 is 0 Å². The first-order chi connectivity index (χ1) is 12.0. The Kier molecular flexibility index (Phi) is 4.24. The summed E-state index contributed by atoms with van der Waals surface area (Å²) in [5.74, 6) is 1.33. The van der Waals surface area contributed by atoms with Crippen LogP contribution in [0.5, 0.6) is 0 Å². The van der Waals surface area contributed by atoms with Gasteiger partial charge in [-0.1, -0.05) is 38.1 Å². The zero-order valence-corrected chi connectivity index (χ0v) is 15.9. The van der Waals surface area contributed by atoms with E-state index in [0.717, 1.165) is 34.4 Å². The molecule has 25 heavy (non-hydrogen) atoms. The Bertz CT molecular complexity index is 980. The van der Waals surface area contributed by atoms with Gasteiger partial charge in [-0.05, 0) is 55.2 Å². The summed E-state index contributed by atoms with van der Waals surface area (Å²) in [5, 5.41) is 0.879. The first-order valence-corrected chi connectivity index (χ1v) is 9.96. The number of hydrogen-bond donors (Lipinski definition) is 0. The molecule has 0 aliphatic heterocycles. The monoisotopic (exact) mass is 352 g/mol. The molecule has 4 rings (SSSR count). The fourth-order valence-corrected chi connectivity index (χ4v) is 5.01. The van der Waals surface area contributed by atoms with Crippen LogP contribution in [0.25, 0.3) is 10.2 Å². The van der Waals surface area contributed by atoms with Crippen molar-refractivity contribution in [3.8, 4) is 0 Å². The molecule has 0 fully saturated rings. The lowest BCUT2D eigenvalue weighted by molar-refractivity contribution is 0.693. The molecule has 0 amide bonds. The van der Waals surface area contributed by atoms with E-state index in [4.69, 9.17) is 4.98 Å². The Hall–Kier alpha value is -1.94. The lowest BCUT2D eigenvalue weighted by atomic mass is 9.97. The van der Waals surface area contributed by atoms with Crippen LogP contribution < -0.4 is 5.56 Å². The third kappa shape index (κ3) is 2.93. The second-order valence-electron chi connectivity index (χ2n) is 7.34. The molecule has 130 valence electrons. The summed E-state index contributed by atoms with van der Waals surface area (Å²) >= 11 is 1.72. The van der Waals surface area contributed by atoms with Crippen LogP contribution in [-0.2, 0) is 19.4 Å². The number of benzene rings is 1. The molecule has 3 nitrogen and oxygen atoms in total. The Morgan fingerprint density at radius 2 is 1.88 bits per heavy atom. The van der Waals surface area contributed by atoms with Crippen molar-refractivity contribution in [1.82, 2.24) is 9.55 Å². The average molecular weight is 353 g/mol. The molecule has 0 bridgehead atoms. The van der Waals surface area contributed by atoms with Gasteiger partial charge in [0.05, 0.1) is 11.9 Å². The third-order valence-corrected chi connectivity index (χ3v) is 6.44. The predicted octanol–water partition coefficient (Wildman–Crippen LogP) is 4.82. The van der Waals surface area contributed by atoms with E-state index in [-0.39, 0.29) is 5.56 Å². The van der Waals surface area contributed by atoms with E-state index in [1.165, 1.54) is 28.8 Å². The van der Waals surface area contributed by atoms with Gasteiger partial charge in [0.15, 0.2) is 0 Å². The molecule has 2 aromatic heterocycles. The van der Waals surface area contributed by atoms with Gasteiger partial charge in [0.2, 0.25) is 0 Å². The zero-order chi connectivity index (χ0) is 17.6. The van der Waals surface area contributed by atoms with E-state index >= 15 is 0 Å². The Labute approximate surface area is 152 Å². The summed E-state index contributed by atoms with van der Waals surface area (Å²) in [4.78, 5) is 20.3. The molecular weight excluding hydrogens is 328 g/mol. The largest absolute Gasteiger partial charge is 0.292 e. The van der Waals surface area contributed by atoms with Crippen molar-refractivity contribution in [3.63, 3.8) is 0 Å². The molecule has 1 aliphatic carbocycles. The minimum Gasteiger partial charge on any atom is -0.292 e. The van der Waals surface area contributed by atoms with Gasteiger partial charge in [0.25, 0.3) is 5.56 Å². The van der Waals surface area contributed by atoms with Crippen LogP contribution in [0, 0.1) is 6.92 Å². The quantitative estimate of drug-likeness (QED) is 0.677. The lowest BCUT2D eigenvalue weighted by Crippen LogP contribution is -2.24. The highest BCUT2D eigenvalue weighted by Gasteiger charge is 2.21. The molecule has 0 saturated carbocycles. The molecule has 1 aromatic carbocycles. The normalized spacial score (nSPS) is 14.2. The highest BCUT2D eigenvalue weighted by atomic mass is 32.1. The van der Waals surface area contributed by atoms with Crippen LogP contribution in [0.15, 0.2) is 29.1 Å². The maximum atomic E-state index is 13.2. The van der Waals surface area contributed by atoms with E-state index < -0.39 is 0 Å². The number of aryl methyl sites for hydroxylation is 3. The number of rotatable bonds is 3. The minimum atomic E-state index is 0.134. The highest BCUT2D eigenvalue weighted by Crippen LogP contribution is 2.33. The maximum absolute atomic E-state index is 13.2. The molecule has 0 saturated heterocycles. The van der Waals surface area contributed by atoms with Gasteiger partial charge in [0, 0.05) is 4.88 Å². The second-order valence-corrected chi connectivity index (χ2v) is 8.42. The van der Waals surface area contributed by atoms with E-state index in [2.05, 4.69) is 38.1 Å². The van der Waals surface area contributed by atoms with Crippen molar-refractivity contribution < 1.29 is 0 Å². The van der Waals surface area contributed by atoms with Crippen molar-refractivity contribution in [2.24, 2.45) is 0 Å². The second kappa shape index (κ2) is 6.41. The van der Waals surface area contributed by atoms with Crippen LogP contribution in [-0.4, -0.2) is 9.55 Å². The van der Waals surface area contributed by atoms with Crippen LogP contribution >= 0.6 is 11.3 Å². The molecule has 0 radical (unpaired) electrons. The SMILES string of the molecule is Cc1nc2sc3c(c2c(=O)n1Cc1ccc(C(C)C)cc1)CCCC3. The number of nitrogens with zero attached hydrogens (tertiary/aromatic N) is 2. The van der Waals surface area contributed by atoms with E-state index in [9.17, 15) is 4.79 Å². The van der Waals surface area contributed by atoms with Gasteiger partial charge >= 0.3 is 0 Å². The average Bonchev–Trinajstić information content (AvgIpc) is 2.97. The fourth-order valence-electron chi connectivity index (χ4n) is 3.72. The number of aromatic nitrogens is 2. The zero-order valence-electron chi connectivity index (χ0n) is 15.1. The van der Waals surface area contributed by atoms with Crippen molar-refractivity contribution in [3.05, 3.63) is 62.0 Å². The lowest BCUT2D eigenvalue weighted by Gasteiger charge is -2.13. The minimum absolute atomic E-state index is 0.134. The highest BCUT2D eigenvalue weighted by molar-refractivity contribution is 7.18. The first kappa shape index (κ1) is 16.5. The fraction of sp³-hybridized carbons (Fsp3) is 0.429. The van der Waals surface area contributed by atoms with Gasteiger partial charge in [-0.25, -0.2) is 4.98 Å². The van der Waals surface area contributed by atoms with Crippen LogP contribution in [0.4, 0.5) is 0 Å². The van der Waals surface area contributed by atoms with Crippen molar-refractivity contribution in [2.75, 3.05) is 0 Å². The van der Waals surface area contributed by atoms with Crippen molar-refractivity contribution >= 4 is 21.6 Å².